The number of rotatable bonds is 4. The van der Waals surface area contributed by atoms with Gasteiger partial charge in [0.2, 0.25) is 0 Å². The molecule has 0 bridgehead atoms. The van der Waals surface area contributed by atoms with Gasteiger partial charge >= 0.3 is 6.09 Å². The molecule has 6 nitrogen and oxygen atoms in total. The number of ether oxygens (including phenoxy) is 2. The van der Waals surface area contributed by atoms with Crippen molar-refractivity contribution in [3.63, 3.8) is 0 Å². The fourth-order valence-corrected chi connectivity index (χ4v) is 1.83. The first kappa shape index (κ1) is 12.1. The fraction of sp³-hybridized carbons (Fsp3) is 0.636. The molecule has 1 unspecified atom stereocenters. The zero-order valence-corrected chi connectivity index (χ0v) is 9.89. The molecule has 94 valence electrons. The molecule has 2 rings (SSSR count). The van der Waals surface area contributed by atoms with Crippen molar-refractivity contribution in [1.29, 1.82) is 0 Å². The maximum atomic E-state index is 11.8. The Morgan fingerprint density at radius 1 is 1.65 bits per heavy atom. The van der Waals surface area contributed by atoms with Gasteiger partial charge in [-0.3, -0.25) is 4.99 Å². The van der Waals surface area contributed by atoms with Crippen LogP contribution in [0.25, 0.3) is 0 Å². The van der Waals surface area contributed by atoms with Crippen LogP contribution in [0.15, 0.2) is 16.8 Å². The first-order valence-corrected chi connectivity index (χ1v) is 5.81. The number of aliphatic imine (C=N–C) groups is 1. The second-order valence-electron chi connectivity index (χ2n) is 3.81. The highest BCUT2D eigenvalue weighted by Gasteiger charge is 2.33. The third kappa shape index (κ3) is 2.83. The summed E-state index contributed by atoms with van der Waals surface area (Å²) in [6.45, 7) is 4.69. The minimum Gasteiger partial charge on any atom is -0.446 e. The van der Waals surface area contributed by atoms with Crippen LogP contribution < -0.4 is 5.43 Å². The number of hydrogen-bond acceptors (Lipinski definition) is 5. The van der Waals surface area contributed by atoms with Crippen molar-refractivity contribution in [2.24, 2.45) is 10.9 Å². The lowest BCUT2D eigenvalue weighted by Gasteiger charge is -2.19. The van der Waals surface area contributed by atoms with Gasteiger partial charge in [0, 0.05) is 37.5 Å². The van der Waals surface area contributed by atoms with E-state index in [9.17, 15) is 4.79 Å². The standard InChI is InChI=1S/C11H17N3O3/c1-2-16-5-6-17-11(15)14-10-3-4-12-7-9(10)8-13-14/h3-4,9,13H,2,5-8H2,1H3. The Morgan fingerprint density at radius 2 is 2.53 bits per heavy atom. The number of nitrogens with one attached hydrogen (secondary N) is 1. The summed E-state index contributed by atoms with van der Waals surface area (Å²) in [6, 6.07) is 0. The number of amides is 1. The SMILES string of the molecule is CCOCCOC(=O)N1NCC2CN=CC=C21. The predicted molar refractivity (Wildman–Crippen MR) is 62.6 cm³/mol. The average Bonchev–Trinajstić information content (AvgIpc) is 2.78. The van der Waals surface area contributed by atoms with E-state index in [0.29, 0.717) is 13.2 Å². The van der Waals surface area contributed by atoms with Crippen molar-refractivity contribution in [1.82, 2.24) is 10.4 Å². The first-order chi connectivity index (χ1) is 8.33. The van der Waals surface area contributed by atoms with Gasteiger partial charge in [0.1, 0.15) is 6.61 Å². The molecule has 2 heterocycles. The Morgan fingerprint density at radius 3 is 3.35 bits per heavy atom. The quantitative estimate of drug-likeness (QED) is 0.728. The van der Waals surface area contributed by atoms with Gasteiger partial charge < -0.3 is 9.47 Å². The normalized spacial score (nSPS) is 22.3. The zero-order valence-electron chi connectivity index (χ0n) is 9.89. The van der Waals surface area contributed by atoms with E-state index < -0.39 is 0 Å². The Kier molecular flexibility index (Phi) is 4.11. The lowest BCUT2D eigenvalue weighted by atomic mass is 10.1. The van der Waals surface area contributed by atoms with Gasteiger partial charge in [-0.15, -0.1) is 0 Å². The molecule has 1 saturated heterocycles. The van der Waals surface area contributed by atoms with E-state index in [1.54, 1.807) is 6.21 Å². The van der Waals surface area contributed by atoms with Crippen LogP contribution in [0, 0.1) is 5.92 Å². The summed E-state index contributed by atoms with van der Waals surface area (Å²) in [5, 5.41) is 1.46. The third-order valence-electron chi connectivity index (χ3n) is 2.69. The van der Waals surface area contributed by atoms with Crippen LogP contribution in [0.2, 0.25) is 0 Å². The van der Waals surface area contributed by atoms with Gasteiger partial charge in [-0.1, -0.05) is 0 Å². The van der Waals surface area contributed by atoms with Gasteiger partial charge in [0.15, 0.2) is 0 Å². The number of hydrazine groups is 1. The van der Waals surface area contributed by atoms with Crippen LogP contribution in [-0.4, -0.2) is 50.2 Å². The van der Waals surface area contributed by atoms with Crippen molar-refractivity contribution < 1.29 is 14.3 Å². The van der Waals surface area contributed by atoms with E-state index >= 15 is 0 Å². The highest BCUT2D eigenvalue weighted by molar-refractivity contribution is 5.77. The summed E-state index contributed by atoms with van der Waals surface area (Å²) >= 11 is 0. The molecule has 0 aliphatic carbocycles. The smallest absolute Gasteiger partial charge is 0.428 e. The van der Waals surface area contributed by atoms with Crippen LogP contribution in [0.5, 0.6) is 0 Å². The number of fused-ring (bicyclic) bond motifs is 1. The molecule has 0 spiro atoms. The number of dihydropyridines is 1. The second kappa shape index (κ2) is 5.79. The zero-order chi connectivity index (χ0) is 12.1. The topological polar surface area (TPSA) is 63.2 Å². The highest BCUT2D eigenvalue weighted by Crippen LogP contribution is 2.23. The molecule has 2 aliphatic heterocycles. The van der Waals surface area contributed by atoms with Crippen LogP contribution in [0.3, 0.4) is 0 Å². The molecule has 1 N–H and O–H groups in total. The van der Waals surface area contributed by atoms with Gasteiger partial charge in [0.25, 0.3) is 0 Å². The molecule has 0 aromatic carbocycles. The van der Waals surface area contributed by atoms with Gasteiger partial charge in [-0.05, 0) is 13.0 Å². The summed E-state index contributed by atoms with van der Waals surface area (Å²) in [4.78, 5) is 15.9. The van der Waals surface area contributed by atoms with Crippen molar-refractivity contribution >= 4 is 12.3 Å². The minimum absolute atomic E-state index is 0.275. The summed E-state index contributed by atoms with van der Waals surface area (Å²) in [5.74, 6) is 0.277. The van der Waals surface area contributed by atoms with Gasteiger partial charge in [-0.2, -0.15) is 0 Å². The van der Waals surface area contributed by atoms with Gasteiger partial charge in [0.05, 0.1) is 6.61 Å². The number of carbonyl (C=O) groups excluding carboxylic acids is 1. The lowest BCUT2D eigenvalue weighted by Crippen LogP contribution is -2.37. The third-order valence-corrected chi connectivity index (χ3v) is 2.69. The van der Waals surface area contributed by atoms with E-state index in [1.165, 1.54) is 5.01 Å². The van der Waals surface area contributed by atoms with Crippen molar-refractivity contribution in [2.45, 2.75) is 6.92 Å². The number of nitrogens with zero attached hydrogens (tertiary/aromatic N) is 2. The first-order valence-electron chi connectivity index (χ1n) is 5.81. The van der Waals surface area contributed by atoms with E-state index in [2.05, 4.69) is 10.4 Å². The monoisotopic (exact) mass is 239 g/mol. The molecule has 6 heteroatoms. The minimum atomic E-state index is -0.381. The molecule has 0 aromatic rings. The number of carbonyl (C=O) groups is 1. The summed E-state index contributed by atoms with van der Waals surface area (Å²) in [6.07, 6.45) is 3.19. The van der Waals surface area contributed by atoms with Crippen LogP contribution >= 0.6 is 0 Å². The van der Waals surface area contributed by atoms with E-state index in [-0.39, 0.29) is 18.6 Å². The van der Waals surface area contributed by atoms with Gasteiger partial charge in [-0.25, -0.2) is 15.2 Å². The highest BCUT2D eigenvalue weighted by atomic mass is 16.6. The molecule has 1 atom stereocenters. The largest absolute Gasteiger partial charge is 0.446 e. The Labute approximate surface area is 100 Å². The number of allylic oxidation sites excluding steroid dienone is 1. The maximum absolute atomic E-state index is 11.8. The van der Waals surface area contributed by atoms with Crippen molar-refractivity contribution in [3.8, 4) is 0 Å². The summed E-state index contributed by atoms with van der Waals surface area (Å²) < 4.78 is 10.2. The molecule has 2 aliphatic rings. The Hall–Kier alpha value is -1.40. The Balaban J connectivity index is 1.83. The second-order valence-corrected chi connectivity index (χ2v) is 3.81. The molecule has 0 saturated carbocycles. The van der Waals surface area contributed by atoms with E-state index in [4.69, 9.17) is 9.47 Å². The summed E-state index contributed by atoms with van der Waals surface area (Å²) in [7, 11) is 0. The molecule has 17 heavy (non-hydrogen) atoms. The van der Waals surface area contributed by atoms with E-state index in [0.717, 1.165) is 18.8 Å². The van der Waals surface area contributed by atoms with Crippen LogP contribution in [0.1, 0.15) is 6.92 Å². The molecule has 0 aromatic heterocycles. The molecular weight excluding hydrogens is 222 g/mol. The van der Waals surface area contributed by atoms with Crippen LogP contribution in [0.4, 0.5) is 4.79 Å². The predicted octanol–water partition coefficient (Wildman–Crippen LogP) is 0.564. The molecular formula is C11H17N3O3. The fourth-order valence-electron chi connectivity index (χ4n) is 1.83. The Bertz CT molecular complexity index is 341. The molecule has 1 amide bonds. The van der Waals surface area contributed by atoms with E-state index in [1.807, 2.05) is 13.0 Å². The number of hydrogen-bond donors (Lipinski definition) is 1. The van der Waals surface area contributed by atoms with Crippen LogP contribution in [-0.2, 0) is 9.47 Å². The maximum Gasteiger partial charge on any atom is 0.428 e. The lowest BCUT2D eigenvalue weighted by molar-refractivity contribution is 0.0602. The summed E-state index contributed by atoms with van der Waals surface area (Å²) in [5.41, 5.74) is 3.94. The molecule has 1 fully saturated rings. The molecule has 0 radical (unpaired) electrons. The average molecular weight is 239 g/mol. The van der Waals surface area contributed by atoms with Crippen molar-refractivity contribution in [2.75, 3.05) is 32.9 Å². The van der Waals surface area contributed by atoms with Crippen molar-refractivity contribution in [3.05, 3.63) is 11.8 Å².